The fraction of sp³-hybridized carbons (Fsp3) is 0.167. The molecule has 1 N–H and O–H groups in total. The SMILES string of the molecule is C=CC(C=C)[C@H](O)c1ccccc1. The lowest BCUT2D eigenvalue weighted by molar-refractivity contribution is 0.151. The molecule has 0 aliphatic rings. The summed E-state index contributed by atoms with van der Waals surface area (Å²) in [5.74, 6) is -0.0811. The van der Waals surface area contributed by atoms with Gasteiger partial charge in [0.05, 0.1) is 6.10 Å². The van der Waals surface area contributed by atoms with Crippen LogP contribution >= 0.6 is 0 Å². The molecule has 0 unspecified atom stereocenters. The molecule has 68 valence electrons. The summed E-state index contributed by atoms with van der Waals surface area (Å²) < 4.78 is 0. The van der Waals surface area contributed by atoms with Gasteiger partial charge in [-0.25, -0.2) is 0 Å². The molecule has 0 heterocycles. The Morgan fingerprint density at radius 2 is 1.62 bits per heavy atom. The Bertz CT molecular complexity index is 268. The molecule has 0 aliphatic carbocycles. The molecule has 1 aromatic carbocycles. The first-order valence-corrected chi connectivity index (χ1v) is 4.27. The largest absolute Gasteiger partial charge is 0.387 e. The zero-order valence-electron chi connectivity index (χ0n) is 7.56. The highest BCUT2D eigenvalue weighted by Crippen LogP contribution is 2.22. The van der Waals surface area contributed by atoms with Crippen molar-refractivity contribution < 1.29 is 5.11 Å². The van der Waals surface area contributed by atoms with Gasteiger partial charge in [-0.15, -0.1) is 13.2 Å². The van der Waals surface area contributed by atoms with Gasteiger partial charge in [0.25, 0.3) is 0 Å². The van der Waals surface area contributed by atoms with E-state index in [0.29, 0.717) is 0 Å². The molecule has 1 aromatic rings. The third-order valence-electron chi connectivity index (χ3n) is 2.05. The summed E-state index contributed by atoms with van der Waals surface area (Å²) in [5.41, 5.74) is 0.896. The van der Waals surface area contributed by atoms with E-state index in [4.69, 9.17) is 0 Å². The molecule has 0 spiro atoms. The molecule has 0 saturated heterocycles. The fourth-order valence-corrected chi connectivity index (χ4v) is 1.23. The summed E-state index contributed by atoms with van der Waals surface area (Å²) in [6, 6.07) is 9.52. The first-order chi connectivity index (χ1) is 6.29. The Morgan fingerprint density at radius 1 is 1.08 bits per heavy atom. The van der Waals surface area contributed by atoms with Crippen molar-refractivity contribution in [3.63, 3.8) is 0 Å². The van der Waals surface area contributed by atoms with E-state index in [2.05, 4.69) is 13.2 Å². The van der Waals surface area contributed by atoms with Crippen LogP contribution in [0.15, 0.2) is 55.6 Å². The van der Waals surface area contributed by atoms with Crippen molar-refractivity contribution in [2.75, 3.05) is 0 Å². The van der Waals surface area contributed by atoms with Crippen LogP contribution in [0.3, 0.4) is 0 Å². The second-order valence-electron chi connectivity index (χ2n) is 2.90. The number of benzene rings is 1. The molecule has 0 amide bonds. The van der Waals surface area contributed by atoms with Crippen LogP contribution in [-0.2, 0) is 0 Å². The van der Waals surface area contributed by atoms with E-state index < -0.39 is 6.10 Å². The second-order valence-corrected chi connectivity index (χ2v) is 2.90. The topological polar surface area (TPSA) is 20.2 Å². The number of hydrogen-bond acceptors (Lipinski definition) is 1. The molecule has 0 fully saturated rings. The third-order valence-corrected chi connectivity index (χ3v) is 2.05. The van der Waals surface area contributed by atoms with Crippen molar-refractivity contribution in [3.05, 3.63) is 61.2 Å². The Morgan fingerprint density at radius 3 is 2.08 bits per heavy atom. The van der Waals surface area contributed by atoms with Crippen LogP contribution in [-0.4, -0.2) is 5.11 Å². The summed E-state index contributed by atoms with van der Waals surface area (Å²) in [4.78, 5) is 0. The van der Waals surface area contributed by atoms with Crippen LogP contribution in [0, 0.1) is 5.92 Å². The highest BCUT2D eigenvalue weighted by molar-refractivity contribution is 5.20. The smallest absolute Gasteiger partial charge is 0.0886 e. The Labute approximate surface area is 79.0 Å². The molecular formula is C12H14O. The van der Waals surface area contributed by atoms with Crippen molar-refractivity contribution in [1.82, 2.24) is 0 Å². The van der Waals surface area contributed by atoms with Gasteiger partial charge in [-0.1, -0.05) is 42.5 Å². The maximum Gasteiger partial charge on any atom is 0.0886 e. The maximum absolute atomic E-state index is 9.84. The van der Waals surface area contributed by atoms with Crippen LogP contribution in [0.5, 0.6) is 0 Å². The Balaban J connectivity index is 2.83. The Kier molecular flexibility index (Phi) is 3.47. The first-order valence-electron chi connectivity index (χ1n) is 4.27. The van der Waals surface area contributed by atoms with E-state index in [1.807, 2.05) is 30.3 Å². The second kappa shape index (κ2) is 4.63. The van der Waals surface area contributed by atoms with Gasteiger partial charge >= 0.3 is 0 Å². The quantitative estimate of drug-likeness (QED) is 0.696. The molecular weight excluding hydrogens is 160 g/mol. The lowest BCUT2D eigenvalue weighted by Gasteiger charge is -2.15. The van der Waals surface area contributed by atoms with E-state index in [0.717, 1.165) is 5.56 Å². The summed E-state index contributed by atoms with van der Waals surface area (Å²) in [5, 5.41) is 9.84. The Hall–Kier alpha value is -1.34. The van der Waals surface area contributed by atoms with Gasteiger partial charge in [0, 0.05) is 5.92 Å². The lowest BCUT2D eigenvalue weighted by atomic mass is 9.96. The van der Waals surface area contributed by atoms with Crippen molar-refractivity contribution >= 4 is 0 Å². The van der Waals surface area contributed by atoms with Crippen LogP contribution in [0.1, 0.15) is 11.7 Å². The van der Waals surface area contributed by atoms with Crippen molar-refractivity contribution in [1.29, 1.82) is 0 Å². The number of rotatable bonds is 4. The zero-order valence-corrected chi connectivity index (χ0v) is 7.56. The molecule has 0 radical (unpaired) electrons. The average molecular weight is 174 g/mol. The molecule has 1 atom stereocenters. The van der Waals surface area contributed by atoms with Crippen LogP contribution in [0.2, 0.25) is 0 Å². The number of aliphatic hydroxyl groups excluding tert-OH is 1. The molecule has 0 aromatic heterocycles. The third kappa shape index (κ3) is 2.30. The van der Waals surface area contributed by atoms with E-state index in [1.54, 1.807) is 12.2 Å². The molecule has 0 bridgehead atoms. The van der Waals surface area contributed by atoms with E-state index in [-0.39, 0.29) is 5.92 Å². The highest BCUT2D eigenvalue weighted by Gasteiger charge is 2.13. The van der Waals surface area contributed by atoms with Crippen LogP contribution in [0.25, 0.3) is 0 Å². The lowest BCUT2D eigenvalue weighted by Crippen LogP contribution is -2.06. The van der Waals surface area contributed by atoms with Gasteiger partial charge < -0.3 is 5.11 Å². The molecule has 0 saturated carbocycles. The predicted octanol–water partition coefficient (Wildman–Crippen LogP) is 2.71. The van der Waals surface area contributed by atoms with Crippen molar-refractivity contribution in [2.24, 2.45) is 5.92 Å². The fourth-order valence-electron chi connectivity index (χ4n) is 1.23. The van der Waals surface area contributed by atoms with Gasteiger partial charge in [0.15, 0.2) is 0 Å². The molecule has 1 nitrogen and oxygen atoms in total. The van der Waals surface area contributed by atoms with Gasteiger partial charge in [-0.05, 0) is 5.56 Å². The van der Waals surface area contributed by atoms with Crippen LogP contribution in [0.4, 0.5) is 0 Å². The van der Waals surface area contributed by atoms with Crippen molar-refractivity contribution in [3.8, 4) is 0 Å². The number of aliphatic hydroxyl groups is 1. The van der Waals surface area contributed by atoms with E-state index >= 15 is 0 Å². The van der Waals surface area contributed by atoms with E-state index in [1.165, 1.54) is 0 Å². The van der Waals surface area contributed by atoms with E-state index in [9.17, 15) is 5.11 Å². The van der Waals surface area contributed by atoms with Gasteiger partial charge in [-0.2, -0.15) is 0 Å². The minimum absolute atomic E-state index is 0.0811. The van der Waals surface area contributed by atoms with Gasteiger partial charge in [0.1, 0.15) is 0 Å². The normalized spacial score (nSPS) is 12.5. The maximum atomic E-state index is 9.84. The summed E-state index contributed by atoms with van der Waals surface area (Å²) in [6.45, 7) is 7.29. The molecule has 1 rings (SSSR count). The number of hydrogen-bond donors (Lipinski definition) is 1. The average Bonchev–Trinajstić information content (AvgIpc) is 2.21. The summed E-state index contributed by atoms with van der Waals surface area (Å²) >= 11 is 0. The predicted molar refractivity (Wildman–Crippen MR) is 55.3 cm³/mol. The van der Waals surface area contributed by atoms with Gasteiger partial charge in [-0.3, -0.25) is 0 Å². The molecule has 1 heteroatoms. The van der Waals surface area contributed by atoms with Crippen LogP contribution < -0.4 is 0 Å². The van der Waals surface area contributed by atoms with Crippen molar-refractivity contribution in [2.45, 2.75) is 6.10 Å². The highest BCUT2D eigenvalue weighted by atomic mass is 16.3. The summed E-state index contributed by atoms with van der Waals surface area (Å²) in [6.07, 6.45) is 2.87. The summed E-state index contributed by atoms with van der Waals surface area (Å²) in [7, 11) is 0. The first kappa shape index (κ1) is 9.75. The minimum atomic E-state index is -0.531. The molecule has 0 aliphatic heterocycles. The standard InChI is InChI=1S/C12H14O/c1-3-10(4-2)12(13)11-8-6-5-7-9-11/h3-10,12-13H,1-2H2/t12-/m0/s1. The zero-order chi connectivity index (χ0) is 9.68. The molecule has 13 heavy (non-hydrogen) atoms. The van der Waals surface area contributed by atoms with Gasteiger partial charge in [0.2, 0.25) is 0 Å². The minimum Gasteiger partial charge on any atom is -0.387 e. The monoisotopic (exact) mass is 174 g/mol.